The summed E-state index contributed by atoms with van der Waals surface area (Å²) in [5.41, 5.74) is 1.21. The van der Waals surface area contributed by atoms with Gasteiger partial charge in [0.1, 0.15) is 6.54 Å². The van der Waals surface area contributed by atoms with Crippen LogP contribution in [0.3, 0.4) is 0 Å². The van der Waals surface area contributed by atoms with E-state index in [1.54, 1.807) is 19.0 Å². The first-order valence-corrected chi connectivity index (χ1v) is 9.11. The molecule has 2 N–H and O–H groups in total. The highest BCUT2D eigenvalue weighted by Gasteiger charge is 2.12. The van der Waals surface area contributed by atoms with Gasteiger partial charge in [-0.2, -0.15) is 0 Å². The van der Waals surface area contributed by atoms with E-state index in [2.05, 4.69) is 72.8 Å². The van der Waals surface area contributed by atoms with Crippen LogP contribution in [0.15, 0.2) is 47.5 Å². The summed E-state index contributed by atoms with van der Waals surface area (Å²) in [6.07, 6.45) is 0. The lowest BCUT2D eigenvalue weighted by Gasteiger charge is -2.21. The smallest absolute Gasteiger partial charge is 0.243 e. The fourth-order valence-corrected chi connectivity index (χ4v) is 2.65. The van der Waals surface area contributed by atoms with Crippen molar-refractivity contribution in [3.05, 3.63) is 48.0 Å². The van der Waals surface area contributed by atoms with Crippen LogP contribution in [0.2, 0.25) is 0 Å². The van der Waals surface area contributed by atoms with Crippen molar-refractivity contribution in [1.82, 2.24) is 15.5 Å². The second kappa shape index (κ2) is 9.22. The number of nitrogens with zero attached hydrogens (tertiary/aromatic N) is 2. The van der Waals surface area contributed by atoms with Crippen molar-refractivity contribution < 1.29 is 4.79 Å². The maximum atomic E-state index is 11.9. The number of benzene rings is 2. The van der Waals surface area contributed by atoms with Gasteiger partial charge in [0.25, 0.3) is 0 Å². The summed E-state index contributed by atoms with van der Waals surface area (Å²) in [6, 6.07) is 14.7. The van der Waals surface area contributed by atoms with Crippen LogP contribution in [0.4, 0.5) is 0 Å². The Kier molecular flexibility index (Phi) is 7.01. The number of fused-ring (bicyclic) bond motifs is 1. The molecule has 140 valence electrons. The van der Waals surface area contributed by atoms with E-state index in [1.807, 2.05) is 6.07 Å². The third kappa shape index (κ3) is 5.48. The summed E-state index contributed by atoms with van der Waals surface area (Å²) >= 11 is 0. The Morgan fingerprint density at radius 3 is 2.46 bits per heavy atom. The molecule has 0 saturated carbocycles. The van der Waals surface area contributed by atoms with Crippen molar-refractivity contribution in [2.45, 2.75) is 26.8 Å². The Hall–Kier alpha value is -2.56. The van der Waals surface area contributed by atoms with Crippen LogP contribution in [-0.2, 0) is 4.79 Å². The Labute approximate surface area is 156 Å². The molecule has 5 heteroatoms. The largest absolute Gasteiger partial charge is 0.356 e. The van der Waals surface area contributed by atoms with Crippen molar-refractivity contribution in [2.75, 3.05) is 27.2 Å². The van der Waals surface area contributed by atoms with Gasteiger partial charge in [-0.1, -0.05) is 56.3 Å². The van der Waals surface area contributed by atoms with E-state index in [-0.39, 0.29) is 18.5 Å². The number of carbonyl (C=O) groups excluding carboxylic acids is 1. The minimum Gasteiger partial charge on any atom is -0.356 e. The average molecular weight is 354 g/mol. The monoisotopic (exact) mass is 354 g/mol. The first-order chi connectivity index (χ1) is 12.4. The van der Waals surface area contributed by atoms with Crippen LogP contribution in [0.25, 0.3) is 10.8 Å². The Morgan fingerprint density at radius 1 is 1.08 bits per heavy atom. The molecule has 0 spiro atoms. The fraction of sp³-hybridized carbons (Fsp3) is 0.429. The lowest BCUT2D eigenvalue weighted by Crippen LogP contribution is -2.41. The van der Waals surface area contributed by atoms with Gasteiger partial charge in [-0.15, -0.1) is 0 Å². The first-order valence-electron chi connectivity index (χ1n) is 9.11. The second-order valence-corrected chi connectivity index (χ2v) is 7.16. The molecule has 0 fully saturated rings. The third-order valence-corrected chi connectivity index (χ3v) is 4.19. The number of nitrogens with one attached hydrogen (secondary N) is 2. The average Bonchev–Trinajstić information content (AvgIpc) is 2.62. The number of guanidine groups is 1. The van der Waals surface area contributed by atoms with Crippen molar-refractivity contribution in [3.8, 4) is 0 Å². The Morgan fingerprint density at radius 2 is 1.77 bits per heavy atom. The van der Waals surface area contributed by atoms with Gasteiger partial charge in [-0.05, 0) is 29.2 Å². The number of carbonyl (C=O) groups is 1. The van der Waals surface area contributed by atoms with Crippen LogP contribution >= 0.6 is 0 Å². The van der Waals surface area contributed by atoms with Crippen LogP contribution in [0.5, 0.6) is 0 Å². The maximum absolute atomic E-state index is 11.9. The number of hydrogen-bond donors (Lipinski definition) is 2. The summed E-state index contributed by atoms with van der Waals surface area (Å²) in [4.78, 5) is 17.9. The first kappa shape index (κ1) is 19.8. The van der Waals surface area contributed by atoms with Gasteiger partial charge in [0, 0.05) is 20.6 Å². The normalized spacial score (nSPS) is 12.9. The van der Waals surface area contributed by atoms with Gasteiger partial charge in [0.15, 0.2) is 5.96 Å². The maximum Gasteiger partial charge on any atom is 0.243 e. The molecule has 1 amide bonds. The van der Waals surface area contributed by atoms with E-state index < -0.39 is 0 Å². The number of rotatable bonds is 6. The summed E-state index contributed by atoms with van der Waals surface area (Å²) in [5.74, 6) is 1.13. The lowest BCUT2D eigenvalue weighted by atomic mass is 10.00. The van der Waals surface area contributed by atoms with Gasteiger partial charge in [-0.25, -0.2) is 4.99 Å². The molecule has 1 unspecified atom stereocenters. The Bertz CT molecular complexity index is 762. The van der Waals surface area contributed by atoms with Crippen molar-refractivity contribution in [2.24, 2.45) is 10.9 Å². The van der Waals surface area contributed by atoms with Crippen molar-refractivity contribution in [3.63, 3.8) is 0 Å². The van der Waals surface area contributed by atoms with Gasteiger partial charge < -0.3 is 15.5 Å². The quantitative estimate of drug-likeness (QED) is 0.619. The Balaban J connectivity index is 2.19. The molecule has 0 aromatic heterocycles. The van der Waals surface area contributed by atoms with Crippen LogP contribution < -0.4 is 10.6 Å². The number of likely N-dealkylation sites (N-methyl/N-ethyl adjacent to an activating group) is 1. The molecular weight excluding hydrogens is 324 g/mol. The van der Waals surface area contributed by atoms with E-state index in [0.29, 0.717) is 11.9 Å². The number of aliphatic imine (C=N–C) groups is 1. The van der Waals surface area contributed by atoms with E-state index in [4.69, 9.17) is 0 Å². The molecule has 0 heterocycles. The van der Waals surface area contributed by atoms with Crippen molar-refractivity contribution in [1.29, 1.82) is 0 Å². The molecular formula is C21H30N4O. The van der Waals surface area contributed by atoms with E-state index >= 15 is 0 Å². The molecule has 0 aliphatic rings. The van der Waals surface area contributed by atoms with Gasteiger partial charge >= 0.3 is 0 Å². The molecule has 26 heavy (non-hydrogen) atoms. The molecule has 0 bridgehead atoms. The van der Waals surface area contributed by atoms with Gasteiger partial charge in [0.2, 0.25) is 5.91 Å². The molecule has 2 aromatic carbocycles. The summed E-state index contributed by atoms with van der Waals surface area (Å²) in [7, 11) is 3.48. The highest BCUT2D eigenvalue weighted by atomic mass is 16.2. The molecule has 5 nitrogen and oxygen atoms in total. The molecule has 0 saturated heterocycles. The van der Waals surface area contributed by atoms with Crippen molar-refractivity contribution >= 4 is 22.6 Å². The highest BCUT2D eigenvalue weighted by Crippen LogP contribution is 2.23. The molecule has 0 aliphatic heterocycles. The SMILES string of the molecule is CC(C)CNC(=NCC(=O)N(C)C)NC(C)c1cccc2ccccc12. The minimum absolute atomic E-state index is 0.0199. The number of amides is 1. The van der Waals surface area contributed by atoms with E-state index in [0.717, 1.165) is 6.54 Å². The zero-order chi connectivity index (χ0) is 19.1. The van der Waals surface area contributed by atoms with Crippen LogP contribution in [0.1, 0.15) is 32.4 Å². The predicted octanol–water partition coefficient (Wildman–Crippen LogP) is 3.18. The fourth-order valence-electron chi connectivity index (χ4n) is 2.65. The van der Waals surface area contributed by atoms with Gasteiger partial charge in [0.05, 0.1) is 6.04 Å². The van der Waals surface area contributed by atoms with Crippen LogP contribution in [0, 0.1) is 5.92 Å². The highest BCUT2D eigenvalue weighted by molar-refractivity contribution is 5.88. The third-order valence-electron chi connectivity index (χ3n) is 4.19. The minimum atomic E-state index is -0.0199. The zero-order valence-electron chi connectivity index (χ0n) is 16.4. The zero-order valence-corrected chi connectivity index (χ0v) is 16.4. The summed E-state index contributed by atoms with van der Waals surface area (Å²) in [6.45, 7) is 7.32. The predicted molar refractivity (Wildman–Crippen MR) is 109 cm³/mol. The molecule has 2 rings (SSSR count). The molecule has 0 aliphatic carbocycles. The summed E-state index contributed by atoms with van der Waals surface area (Å²) < 4.78 is 0. The topological polar surface area (TPSA) is 56.7 Å². The van der Waals surface area contributed by atoms with Crippen LogP contribution in [-0.4, -0.2) is 44.0 Å². The number of hydrogen-bond acceptors (Lipinski definition) is 2. The van der Waals surface area contributed by atoms with E-state index in [1.165, 1.54) is 16.3 Å². The standard InChI is InChI=1S/C21H30N4O/c1-15(2)13-22-21(23-14-20(26)25(4)5)24-16(3)18-12-8-10-17-9-6-7-11-19(17)18/h6-12,15-16H,13-14H2,1-5H3,(H2,22,23,24). The molecule has 1 atom stereocenters. The van der Waals surface area contributed by atoms with Gasteiger partial charge in [-0.3, -0.25) is 4.79 Å². The lowest BCUT2D eigenvalue weighted by molar-refractivity contribution is -0.127. The van der Waals surface area contributed by atoms with E-state index in [9.17, 15) is 4.79 Å². The molecule has 2 aromatic rings. The summed E-state index contributed by atoms with van der Waals surface area (Å²) in [5, 5.41) is 9.22. The second-order valence-electron chi connectivity index (χ2n) is 7.16. The molecule has 0 radical (unpaired) electrons.